The minimum absolute atomic E-state index is 0.200. The third kappa shape index (κ3) is 4.50. The van der Waals surface area contributed by atoms with Crippen LogP contribution >= 0.6 is 11.6 Å². The molecule has 0 aliphatic heterocycles. The van der Waals surface area contributed by atoms with Crippen molar-refractivity contribution in [1.29, 1.82) is 5.41 Å². The summed E-state index contributed by atoms with van der Waals surface area (Å²) in [6.07, 6.45) is 0.540. The van der Waals surface area contributed by atoms with Gasteiger partial charge in [-0.1, -0.05) is 41.9 Å². The summed E-state index contributed by atoms with van der Waals surface area (Å²) in [5.41, 5.74) is 8.83. The molecule has 4 heteroatoms. The van der Waals surface area contributed by atoms with Gasteiger partial charge in [-0.2, -0.15) is 0 Å². The number of hydrogen-bond acceptors (Lipinski definition) is 2. The van der Waals surface area contributed by atoms with Crippen molar-refractivity contribution >= 4 is 23.1 Å². The molecular formula is C17H20ClN3. The molecule has 3 nitrogen and oxygen atoms in total. The molecule has 0 amide bonds. The first-order valence-electron chi connectivity index (χ1n) is 6.94. The van der Waals surface area contributed by atoms with Gasteiger partial charge >= 0.3 is 0 Å². The standard InChI is InChI=1S/C17H20ClN3/c1-13-7-8-14(16(18)11-13)12-21(10-9-17(19)20)15-5-3-2-4-6-15/h2-8,11H,9-10,12H2,1H3,(H3,19,20). The third-order valence-electron chi connectivity index (χ3n) is 3.34. The average Bonchev–Trinajstić information content (AvgIpc) is 2.46. The van der Waals surface area contributed by atoms with E-state index in [1.54, 1.807) is 0 Å². The molecule has 0 unspecified atom stereocenters. The number of benzene rings is 2. The molecule has 21 heavy (non-hydrogen) atoms. The van der Waals surface area contributed by atoms with Crippen LogP contribution in [0.5, 0.6) is 0 Å². The smallest absolute Gasteiger partial charge is 0.0923 e. The molecule has 3 N–H and O–H groups in total. The Balaban J connectivity index is 2.21. The Morgan fingerprint density at radius 1 is 1.19 bits per heavy atom. The molecular weight excluding hydrogens is 282 g/mol. The van der Waals surface area contributed by atoms with Gasteiger partial charge in [0, 0.05) is 30.2 Å². The summed E-state index contributed by atoms with van der Waals surface area (Å²) < 4.78 is 0. The lowest BCUT2D eigenvalue weighted by atomic mass is 10.1. The van der Waals surface area contributed by atoms with Crippen molar-refractivity contribution in [3.8, 4) is 0 Å². The van der Waals surface area contributed by atoms with Gasteiger partial charge in [0.1, 0.15) is 0 Å². The summed E-state index contributed by atoms with van der Waals surface area (Å²) in [5.74, 6) is 0.200. The number of anilines is 1. The Morgan fingerprint density at radius 2 is 1.90 bits per heavy atom. The predicted octanol–water partition coefficient (Wildman–Crippen LogP) is 3.98. The first kappa shape index (κ1) is 15.4. The number of nitrogens with zero attached hydrogens (tertiary/aromatic N) is 1. The van der Waals surface area contributed by atoms with Gasteiger partial charge in [-0.05, 0) is 36.2 Å². The van der Waals surface area contributed by atoms with E-state index in [9.17, 15) is 0 Å². The molecule has 0 aliphatic carbocycles. The zero-order valence-electron chi connectivity index (χ0n) is 12.1. The number of hydrogen-bond donors (Lipinski definition) is 2. The van der Waals surface area contributed by atoms with E-state index in [0.29, 0.717) is 19.5 Å². The highest BCUT2D eigenvalue weighted by molar-refractivity contribution is 6.31. The van der Waals surface area contributed by atoms with Gasteiger partial charge in [0.2, 0.25) is 0 Å². The highest BCUT2D eigenvalue weighted by atomic mass is 35.5. The summed E-state index contributed by atoms with van der Waals surface area (Å²) in [4.78, 5) is 2.19. The van der Waals surface area contributed by atoms with Gasteiger partial charge in [0.25, 0.3) is 0 Å². The Hall–Kier alpha value is -2.00. The highest BCUT2D eigenvalue weighted by Crippen LogP contribution is 2.23. The number of nitrogens with one attached hydrogen (secondary N) is 1. The summed E-state index contributed by atoms with van der Waals surface area (Å²) in [6.45, 7) is 3.43. The molecule has 0 saturated carbocycles. The fourth-order valence-electron chi connectivity index (χ4n) is 2.18. The highest BCUT2D eigenvalue weighted by Gasteiger charge is 2.10. The van der Waals surface area contributed by atoms with Crippen molar-refractivity contribution in [2.75, 3.05) is 11.4 Å². The topological polar surface area (TPSA) is 53.1 Å². The fraction of sp³-hybridized carbons (Fsp3) is 0.235. The lowest BCUT2D eigenvalue weighted by Crippen LogP contribution is -2.27. The van der Waals surface area contributed by atoms with Gasteiger partial charge < -0.3 is 10.6 Å². The zero-order chi connectivity index (χ0) is 15.2. The number of nitrogens with two attached hydrogens (primary N) is 1. The second-order valence-corrected chi connectivity index (χ2v) is 5.53. The van der Waals surface area contributed by atoms with Crippen LogP contribution in [0.2, 0.25) is 5.02 Å². The van der Waals surface area contributed by atoms with Crippen molar-refractivity contribution in [2.24, 2.45) is 5.73 Å². The summed E-state index contributed by atoms with van der Waals surface area (Å²) >= 11 is 6.33. The van der Waals surface area contributed by atoms with Crippen LogP contribution in [0.3, 0.4) is 0 Å². The van der Waals surface area contributed by atoms with Crippen LogP contribution in [-0.4, -0.2) is 12.4 Å². The SMILES string of the molecule is Cc1ccc(CN(CCC(=N)N)c2ccccc2)c(Cl)c1. The van der Waals surface area contributed by atoms with Crippen LogP contribution < -0.4 is 10.6 Å². The van der Waals surface area contributed by atoms with Crippen molar-refractivity contribution in [3.63, 3.8) is 0 Å². The normalized spacial score (nSPS) is 10.4. The maximum absolute atomic E-state index is 7.43. The molecule has 0 aromatic heterocycles. The van der Waals surface area contributed by atoms with E-state index >= 15 is 0 Å². The minimum atomic E-state index is 0.200. The largest absolute Gasteiger partial charge is 0.388 e. The minimum Gasteiger partial charge on any atom is -0.388 e. The van der Waals surface area contributed by atoms with Crippen LogP contribution in [0.15, 0.2) is 48.5 Å². The summed E-state index contributed by atoms with van der Waals surface area (Å²) in [5, 5.41) is 8.20. The lowest BCUT2D eigenvalue weighted by Gasteiger charge is -2.25. The molecule has 0 saturated heterocycles. The molecule has 0 fully saturated rings. The van der Waals surface area contributed by atoms with Crippen molar-refractivity contribution in [1.82, 2.24) is 0 Å². The predicted molar refractivity (Wildman–Crippen MR) is 90.2 cm³/mol. The Bertz CT molecular complexity index is 611. The zero-order valence-corrected chi connectivity index (χ0v) is 12.9. The number of amidine groups is 1. The molecule has 0 bridgehead atoms. The quantitative estimate of drug-likeness (QED) is 0.626. The lowest BCUT2D eigenvalue weighted by molar-refractivity contribution is 0.802. The van der Waals surface area contributed by atoms with Crippen LogP contribution in [0, 0.1) is 12.3 Å². The van der Waals surface area contributed by atoms with E-state index in [2.05, 4.69) is 29.2 Å². The Labute approximate surface area is 130 Å². The second-order valence-electron chi connectivity index (χ2n) is 5.13. The van der Waals surface area contributed by atoms with E-state index in [1.165, 1.54) is 0 Å². The Morgan fingerprint density at radius 3 is 2.52 bits per heavy atom. The maximum Gasteiger partial charge on any atom is 0.0923 e. The molecule has 2 rings (SSSR count). The van der Waals surface area contributed by atoms with Crippen molar-refractivity contribution in [2.45, 2.75) is 19.9 Å². The molecule has 0 atom stereocenters. The average molecular weight is 302 g/mol. The summed E-state index contributed by atoms with van der Waals surface area (Å²) in [6, 6.07) is 16.2. The maximum atomic E-state index is 7.43. The van der Waals surface area contributed by atoms with Gasteiger partial charge in [0.05, 0.1) is 5.84 Å². The Kier molecular flexibility index (Phi) is 5.23. The molecule has 0 heterocycles. The monoisotopic (exact) mass is 301 g/mol. The van der Waals surface area contributed by atoms with E-state index in [-0.39, 0.29) is 5.84 Å². The summed E-state index contributed by atoms with van der Waals surface area (Å²) in [7, 11) is 0. The molecule has 0 aliphatic rings. The van der Waals surface area contributed by atoms with E-state index in [1.807, 2.05) is 31.2 Å². The number of para-hydroxylation sites is 1. The van der Waals surface area contributed by atoms with Crippen molar-refractivity contribution in [3.05, 3.63) is 64.7 Å². The first-order chi connectivity index (χ1) is 10.1. The molecule has 0 radical (unpaired) electrons. The second kappa shape index (κ2) is 7.14. The number of aryl methyl sites for hydroxylation is 1. The van der Waals surface area contributed by atoms with E-state index in [0.717, 1.165) is 21.8 Å². The van der Waals surface area contributed by atoms with Gasteiger partial charge in [-0.25, -0.2) is 0 Å². The van der Waals surface area contributed by atoms with Crippen molar-refractivity contribution < 1.29 is 0 Å². The molecule has 110 valence electrons. The van der Waals surface area contributed by atoms with Crippen LogP contribution in [0.25, 0.3) is 0 Å². The first-order valence-corrected chi connectivity index (χ1v) is 7.32. The van der Waals surface area contributed by atoms with Gasteiger partial charge in [0.15, 0.2) is 0 Å². The molecule has 2 aromatic rings. The fourth-order valence-corrected chi connectivity index (χ4v) is 2.47. The van der Waals surface area contributed by atoms with E-state index in [4.69, 9.17) is 22.7 Å². The number of rotatable bonds is 6. The molecule has 2 aromatic carbocycles. The number of halogens is 1. The van der Waals surface area contributed by atoms with Crippen LogP contribution in [0.4, 0.5) is 5.69 Å². The van der Waals surface area contributed by atoms with Gasteiger partial charge in [-0.3, -0.25) is 5.41 Å². The van der Waals surface area contributed by atoms with Crippen LogP contribution in [0.1, 0.15) is 17.5 Å². The van der Waals surface area contributed by atoms with E-state index < -0.39 is 0 Å². The van der Waals surface area contributed by atoms with Crippen LogP contribution in [-0.2, 0) is 6.54 Å². The third-order valence-corrected chi connectivity index (χ3v) is 3.69. The van der Waals surface area contributed by atoms with Gasteiger partial charge in [-0.15, -0.1) is 0 Å². The molecule has 0 spiro atoms.